The Hall–Kier alpha value is -3.02. The van der Waals surface area contributed by atoms with Gasteiger partial charge in [0, 0.05) is 51.1 Å². The second-order valence-corrected chi connectivity index (χ2v) is 11.6. The van der Waals surface area contributed by atoms with Crippen molar-refractivity contribution in [3.05, 3.63) is 53.9 Å². The molecule has 5 rings (SSSR count). The average Bonchev–Trinajstić information content (AvgIpc) is 3.34. The van der Waals surface area contributed by atoms with Crippen molar-refractivity contribution >= 4 is 32.7 Å². The number of anilines is 1. The van der Waals surface area contributed by atoms with E-state index in [4.69, 9.17) is 4.74 Å². The number of carbonyl (C=O) groups excluding carboxylic acids is 1. The monoisotopic (exact) mass is 526 g/mol. The van der Waals surface area contributed by atoms with Gasteiger partial charge in [0.15, 0.2) is 5.65 Å². The first-order chi connectivity index (χ1) is 17.9. The number of carbonyl (C=O) groups is 1. The van der Waals surface area contributed by atoms with Crippen molar-refractivity contribution in [1.29, 1.82) is 0 Å². The van der Waals surface area contributed by atoms with Crippen molar-refractivity contribution in [2.45, 2.75) is 57.0 Å². The Labute approximate surface area is 217 Å². The van der Waals surface area contributed by atoms with Crippen molar-refractivity contribution in [3.63, 3.8) is 0 Å². The van der Waals surface area contributed by atoms with Crippen molar-refractivity contribution in [3.8, 4) is 0 Å². The Kier molecular flexibility index (Phi) is 7.73. The molecule has 0 spiro atoms. The van der Waals surface area contributed by atoms with Gasteiger partial charge < -0.3 is 15.4 Å². The molecule has 37 heavy (non-hydrogen) atoms. The number of hydrogen-bond donors (Lipinski definition) is 2. The maximum atomic E-state index is 13.4. The number of nitrogens with zero attached hydrogens (tertiary/aromatic N) is 4. The largest absolute Gasteiger partial charge is 0.381 e. The van der Waals surface area contributed by atoms with Crippen molar-refractivity contribution in [1.82, 2.24) is 24.4 Å². The molecule has 4 heterocycles. The molecule has 198 valence electrons. The molecule has 3 aromatic rings. The molecule has 0 atom stereocenters. The van der Waals surface area contributed by atoms with Crippen LogP contribution in [-0.4, -0.2) is 71.8 Å². The number of rotatable bonds is 8. The van der Waals surface area contributed by atoms with Crippen molar-refractivity contribution < 1.29 is 17.9 Å². The fourth-order valence-electron chi connectivity index (χ4n) is 5.05. The van der Waals surface area contributed by atoms with E-state index in [0.29, 0.717) is 51.3 Å². The van der Waals surface area contributed by atoms with Crippen LogP contribution >= 0.6 is 0 Å². The van der Waals surface area contributed by atoms with Crippen LogP contribution in [0.4, 0.5) is 5.69 Å². The summed E-state index contributed by atoms with van der Waals surface area (Å²) in [5.74, 6) is -0.220. The highest BCUT2D eigenvalue weighted by atomic mass is 32.2. The summed E-state index contributed by atoms with van der Waals surface area (Å²) in [5, 5.41) is 12.0. The summed E-state index contributed by atoms with van der Waals surface area (Å²) in [5.41, 5.74) is 2.74. The summed E-state index contributed by atoms with van der Waals surface area (Å²) in [6, 6.07) is 9.30. The Morgan fingerprint density at radius 1 is 1.05 bits per heavy atom. The first-order valence-corrected chi connectivity index (χ1v) is 14.6. The Morgan fingerprint density at radius 3 is 2.49 bits per heavy atom. The van der Waals surface area contributed by atoms with Gasteiger partial charge in [0.25, 0.3) is 5.91 Å². The molecular weight excluding hydrogens is 492 g/mol. The SMILES string of the molecule is CCn1ncc2c(NC3CCOCC3)c(C(=O)NC3CCN(S(=O)(=O)Cc4ccccc4)CC3)cnc21. The number of piperidine rings is 1. The van der Waals surface area contributed by atoms with E-state index in [1.165, 1.54) is 4.31 Å². The van der Waals surface area contributed by atoms with Crippen LogP contribution in [0.15, 0.2) is 42.7 Å². The maximum Gasteiger partial charge on any atom is 0.255 e. The topological polar surface area (TPSA) is 118 Å². The summed E-state index contributed by atoms with van der Waals surface area (Å²) in [7, 11) is -3.41. The third kappa shape index (κ3) is 5.78. The summed E-state index contributed by atoms with van der Waals surface area (Å²) in [6.07, 6.45) is 6.23. The first kappa shape index (κ1) is 25.6. The third-order valence-electron chi connectivity index (χ3n) is 7.15. The number of amides is 1. The number of hydrogen-bond acceptors (Lipinski definition) is 7. The summed E-state index contributed by atoms with van der Waals surface area (Å²) in [6.45, 7) is 4.83. The Bertz CT molecular complexity index is 1330. The van der Waals surface area contributed by atoms with Crippen LogP contribution in [-0.2, 0) is 27.1 Å². The lowest BCUT2D eigenvalue weighted by Crippen LogP contribution is -2.46. The van der Waals surface area contributed by atoms with Gasteiger partial charge in [-0.05, 0) is 38.2 Å². The van der Waals surface area contributed by atoms with Crippen LogP contribution < -0.4 is 10.6 Å². The minimum Gasteiger partial charge on any atom is -0.381 e. The smallest absolute Gasteiger partial charge is 0.255 e. The van der Waals surface area contributed by atoms with Crippen LogP contribution in [0.1, 0.15) is 48.5 Å². The highest BCUT2D eigenvalue weighted by Gasteiger charge is 2.30. The summed E-state index contributed by atoms with van der Waals surface area (Å²) in [4.78, 5) is 18.0. The van der Waals surface area contributed by atoms with E-state index >= 15 is 0 Å². The molecule has 10 nitrogen and oxygen atoms in total. The number of fused-ring (bicyclic) bond motifs is 1. The molecule has 0 aliphatic carbocycles. The van der Waals surface area contributed by atoms with Gasteiger partial charge in [-0.3, -0.25) is 4.79 Å². The molecule has 2 N–H and O–H groups in total. The molecule has 2 aliphatic heterocycles. The van der Waals surface area contributed by atoms with E-state index in [1.807, 2.05) is 41.9 Å². The number of aromatic nitrogens is 3. The van der Waals surface area contributed by atoms with Gasteiger partial charge in [-0.25, -0.2) is 22.4 Å². The summed E-state index contributed by atoms with van der Waals surface area (Å²) < 4.78 is 34.6. The van der Waals surface area contributed by atoms with Gasteiger partial charge in [0.05, 0.1) is 28.6 Å². The fraction of sp³-hybridized carbons (Fsp3) is 0.500. The zero-order chi connectivity index (χ0) is 25.8. The first-order valence-electron chi connectivity index (χ1n) is 13.0. The lowest BCUT2D eigenvalue weighted by atomic mass is 10.0. The van der Waals surface area contributed by atoms with E-state index < -0.39 is 10.0 Å². The van der Waals surface area contributed by atoms with E-state index in [2.05, 4.69) is 20.7 Å². The van der Waals surface area contributed by atoms with Gasteiger partial charge in [0.1, 0.15) is 0 Å². The molecule has 1 aromatic carbocycles. The van der Waals surface area contributed by atoms with Crippen LogP contribution in [0.3, 0.4) is 0 Å². The van der Waals surface area contributed by atoms with E-state index in [9.17, 15) is 13.2 Å². The van der Waals surface area contributed by atoms with Crippen LogP contribution in [0, 0.1) is 0 Å². The molecule has 0 bridgehead atoms. The average molecular weight is 527 g/mol. The second kappa shape index (κ2) is 11.2. The Morgan fingerprint density at radius 2 is 1.78 bits per heavy atom. The van der Waals surface area contributed by atoms with E-state index in [1.54, 1.807) is 12.4 Å². The van der Waals surface area contributed by atoms with Crippen LogP contribution in [0.25, 0.3) is 11.0 Å². The zero-order valence-corrected chi connectivity index (χ0v) is 21.9. The number of aryl methyl sites for hydroxylation is 1. The van der Waals surface area contributed by atoms with Gasteiger partial charge in [-0.1, -0.05) is 30.3 Å². The number of benzene rings is 1. The van der Waals surface area contributed by atoms with Gasteiger partial charge in [-0.15, -0.1) is 0 Å². The number of nitrogens with one attached hydrogen (secondary N) is 2. The quantitative estimate of drug-likeness (QED) is 0.463. The normalized spacial score (nSPS) is 18.2. The molecule has 1 amide bonds. The van der Waals surface area contributed by atoms with E-state index in [-0.39, 0.29) is 23.7 Å². The van der Waals surface area contributed by atoms with Gasteiger partial charge in [-0.2, -0.15) is 5.10 Å². The van der Waals surface area contributed by atoms with Crippen LogP contribution in [0.5, 0.6) is 0 Å². The predicted molar refractivity (Wildman–Crippen MR) is 142 cm³/mol. The molecule has 2 aliphatic rings. The third-order valence-corrected chi connectivity index (χ3v) is 9.00. The molecular formula is C26H34N6O4S. The van der Waals surface area contributed by atoms with Gasteiger partial charge >= 0.3 is 0 Å². The molecule has 0 radical (unpaired) electrons. The standard InChI is InChI=1S/C26H34N6O4S/c1-2-32-25-22(17-28-32)24(29-21-10-14-36-15-11-21)23(16-27-25)26(33)30-20-8-12-31(13-9-20)37(34,35)18-19-6-4-3-5-7-19/h3-7,16-17,20-21H,2,8-15,18H2,1H3,(H,27,29)(H,30,33). The zero-order valence-electron chi connectivity index (χ0n) is 21.1. The van der Waals surface area contributed by atoms with Crippen LogP contribution in [0.2, 0.25) is 0 Å². The summed E-state index contributed by atoms with van der Waals surface area (Å²) >= 11 is 0. The number of sulfonamides is 1. The molecule has 0 unspecified atom stereocenters. The number of pyridine rings is 1. The minimum absolute atomic E-state index is 0.0107. The maximum absolute atomic E-state index is 13.4. The van der Waals surface area contributed by atoms with Gasteiger partial charge in [0.2, 0.25) is 10.0 Å². The molecule has 2 aromatic heterocycles. The lowest BCUT2D eigenvalue weighted by molar-refractivity contribution is 0.0902. The number of ether oxygens (including phenoxy) is 1. The molecule has 0 saturated carbocycles. The molecule has 2 fully saturated rings. The van der Waals surface area contributed by atoms with Crippen molar-refractivity contribution in [2.24, 2.45) is 0 Å². The minimum atomic E-state index is -3.41. The van der Waals surface area contributed by atoms with Crippen molar-refractivity contribution in [2.75, 3.05) is 31.6 Å². The highest BCUT2D eigenvalue weighted by Crippen LogP contribution is 2.29. The highest BCUT2D eigenvalue weighted by molar-refractivity contribution is 7.88. The predicted octanol–water partition coefficient (Wildman–Crippen LogP) is 2.77. The second-order valence-electron chi connectivity index (χ2n) is 9.66. The van der Waals surface area contributed by atoms with E-state index in [0.717, 1.165) is 35.1 Å². The lowest BCUT2D eigenvalue weighted by Gasteiger charge is -2.32. The Balaban J connectivity index is 1.27. The molecule has 11 heteroatoms. The molecule has 2 saturated heterocycles. The fourth-order valence-corrected chi connectivity index (χ4v) is 6.61.